The maximum atomic E-state index is 10.7. The van der Waals surface area contributed by atoms with Gasteiger partial charge in [0, 0.05) is 5.25 Å². The molecule has 2 atom stereocenters. The zero-order chi connectivity index (χ0) is 16.8. The van der Waals surface area contributed by atoms with Gasteiger partial charge < -0.3 is 9.66 Å². The first-order valence-corrected chi connectivity index (χ1v) is 10.5. The topological polar surface area (TPSA) is 77.4 Å². The van der Waals surface area contributed by atoms with Gasteiger partial charge in [0.1, 0.15) is 0 Å². The van der Waals surface area contributed by atoms with Gasteiger partial charge >= 0.3 is 51.4 Å². The summed E-state index contributed by atoms with van der Waals surface area (Å²) in [6.07, 6.45) is 13.5. The van der Waals surface area contributed by atoms with E-state index in [0.717, 1.165) is 44.9 Å². The van der Waals surface area contributed by atoms with E-state index in [0.29, 0.717) is 6.42 Å². The molecule has 0 saturated carbocycles. The molecule has 134 valence electrons. The summed E-state index contributed by atoms with van der Waals surface area (Å²) in [5.41, 5.74) is 0. The minimum Gasteiger partial charge on any atom is -0.748 e. The van der Waals surface area contributed by atoms with E-state index in [1.54, 1.807) is 0 Å². The van der Waals surface area contributed by atoms with Gasteiger partial charge in [0.05, 0.1) is 16.2 Å². The van der Waals surface area contributed by atoms with E-state index >= 15 is 0 Å². The Kier molecular flexibility index (Phi) is 19.7. The predicted molar refractivity (Wildman–Crippen MR) is 90.9 cm³/mol. The number of hydrogen-bond acceptors (Lipinski definition) is 4. The third kappa shape index (κ3) is 18.1. The Morgan fingerprint density at radius 2 is 1.22 bits per heavy atom. The molecule has 0 heterocycles. The van der Waals surface area contributed by atoms with Crippen molar-refractivity contribution in [2.45, 2.75) is 109 Å². The van der Waals surface area contributed by atoms with Gasteiger partial charge in [-0.3, -0.25) is 0 Å². The number of hydrogen-bond donors (Lipinski definition) is 1. The molecule has 6 heteroatoms. The summed E-state index contributed by atoms with van der Waals surface area (Å²) in [6, 6.07) is 0. The Morgan fingerprint density at radius 1 is 0.826 bits per heavy atom. The van der Waals surface area contributed by atoms with Gasteiger partial charge in [-0.05, 0) is 26.2 Å². The van der Waals surface area contributed by atoms with Crippen LogP contribution < -0.4 is 51.4 Å². The van der Waals surface area contributed by atoms with Crippen LogP contribution in [0.3, 0.4) is 0 Å². The minimum absolute atomic E-state index is 0. The fourth-order valence-corrected chi connectivity index (χ4v) is 3.13. The van der Waals surface area contributed by atoms with E-state index in [1.165, 1.54) is 39.0 Å². The van der Waals surface area contributed by atoms with E-state index in [9.17, 15) is 18.1 Å². The molecule has 0 radical (unpaired) electrons. The van der Waals surface area contributed by atoms with Gasteiger partial charge in [-0.1, -0.05) is 71.1 Å². The van der Waals surface area contributed by atoms with E-state index in [-0.39, 0.29) is 57.5 Å². The molecule has 0 amide bonds. The van der Waals surface area contributed by atoms with Crippen molar-refractivity contribution in [3.63, 3.8) is 0 Å². The van der Waals surface area contributed by atoms with Crippen LogP contribution in [0.25, 0.3) is 0 Å². The monoisotopic (exact) mass is 374 g/mol. The number of unbranched alkanes of at least 4 members (excludes halogenated alkanes) is 8. The summed E-state index contributed by atoms with van der Waals surface area (Å²) in [4.78, 5) is 0. The second kappa shape index (κ2) is 16.9. The Morgan fingerprint density at radius 3 is 1.61 bits per heavy atom. The van der Waals surface area contributed by atoms with Crippen molar-refractivity contribution in [3.05, 3.63) is 0 Å². The molecule has 0 aliphatic heterocycles. The first-order chi connectivity index (χ1) is 10.4. The average Bonchev–Trinajstić information content (AvgIpc) is 2.43. The fraction of sp³-hybridized carbons (Fsp3) is 1.00. The smallest absolute Gasteiger partial charge is 0.748 e. The Hall–Kier alpha value is 1.51. The summed E-state index contributed by atoms with van der Waals surface area (Å²) in [7, 11) is -4.09. The van der Waals surface area contributed by atoms with Crippen molar-refractivity contribution in [3.8, 4) is 0 Å². The van der Waals surface area contributed by atoms with Crippen molar-refractivity contribution < 1.29 is 69.5 Å². The van der Waals surface area contributed by atoms with E-state index in [4.69, 9.17) is 0 Å². The largest absolute Gasteiger partial charge is 1.00 e. The summed E-state index contributed by atoms with van der Waals surface area (Å²) >= 11 is 0. The fourth-order valence-electron chi connectivity index (χ4n) is 2.67. The Labute approximate surface area is 186 Å². The standard InChI is InChI=1S/C17H36O4S.K/c1-3-13-17(18)15-12-10-8-6-4-5-7-9-11-14-16(2)22(19,20)21;/h16-18H,3-15H2,1-2H3,(H,19,20,21);/q;+1/p-1. The molecule has 0 aromatic carbocycles. The van der Waals surface area contributed by atoms with Crippen LogP contribution in [0.5, 0.6) is 0 Å². The molecule has 23 heavy (non-hydrogen) atoms. The molecular weight excluding hydrogens is 339 g/mol. The predicted octanol–water partition coefficient (Wildman–Crippen LogP) is 1.38. The molecule has 0 spiro atoms. The molecule has 1 N–H and O–H groups in total. The summed E-state index contributed by atoms with van der Waals surface area (Å²) in [5.74, 6) is 0. The first kappa shape index (κ1) is 26.7. The van der Waals surface area contributed by atoms with Gasteiger partial charge in [-0.25, -0.2) is 8.42 Å². The average molecular weight is 375 g/mol. The molecule has 0 rings (SSSR count). The van der Waals surface area contributed by atoms with Gasteiger partial charge in [-0.15, -0.1) is 0 Å². The number of aliphatic hydroxyl groups is 1. The number of aliphatic hydroxyl groups excluding tert-OH is 1. The number of rotatable bonds is 15. The van der Waals surface area contributed by atoms with Crippen LogP contribution in [0.4, 0.5) is 0 Å². The zero-order valence-corrected chi connectivity index (χ0v) is 19.4. The summed E-state index contributed by atoms with van der Waals surface area (Å²) in [6.45, 7) is 3.60. The van der Waals surface area contributed by atoms with E-state index < -0.39 is 15.4 Å². The molecule has 4 nitrogen and oxygen atoms in total. The Balaban J connectivity index is 0. The van der Waals surface area contributed by atoms with E-state index in [2.05, 4.69) is 6.92 Å². The normalized spacial score (nSPS) is 14.3. The van der Waals surface area contributed by atoms with Crippen LogP contribution >= 0.6 is 0 Å². The van der Waals surface area contributed by atoms with Gasteiger partial charge in [0.2, 0.25) is 0 Å². The molecule has 2 unspecified atom stereocenters. The third-order valence-electron chi connectivity index (χ3n) is 4.26. The van der Waals surface area contributed by atoms with Crippen molar-refractivity contribution in [1.82, 2.24) is 0 Å². The van der Waals surface area contributed by atoms with Crippen LogP contribution in [-0.2, 0) is 10.1 Å². The molecule has 0 aromatic heterocycles. The molecule has 0 fully saturated rings. The molecule has 0 saturated heterocycles. The molecule has 0 aliphatic carbocycles. The maximum Gasteiger partial charge on any atom is 1.00 e. The van der Waals surface area contributed by atoms with Crippen molar-refractivity contribution in [1.29, 1.82) is 0 Å². The second-order valence-corrected chi connectivity index (χ2v) is 8.30. The minimum atomic E-state index is -4.09. The second-order valence-electron chi connectivity index (χ2n) is 6.51. The van der Waals surface area contributed by atoms with Gasteiger partial charge in [0.15, 0.2) is 0 Å². The third-order valence-corrected chi connectivity index (χ3v) is 5.48. The Bertz CT molecular complexity index is 347. The zero-order valence-electron chi connectivity index (χ0n) is 15.4. The van der Waals surface area contributed by atoms with Crippen LogP contribution in [0.15, 0.2) is 0 Å². The SMILES string of the molecule is CCCC(O)CCCCCCCCCCCC(C)S(=O)(=O)[O-].[K+]. The first-order valence-electron chi connectivity index (χ1n) is 9.00. The van der Waals surface area contributed by atoms with Crippen molar-refractivity contribution in [2.24, 2.45) is 0 Å². The summed E-state index contributed by atoms with van der Waals surface area (Å²) < 4.78 is 32.2. The molecule has 0 bridgehead atoms. The van der Waals surface area contributed by atoms with Crippen LogP contribution in [0.2, 0.25) is 0 Å². The molecular formula is C17H35KO4S. The van der Waals surface area contributed by atoms with Crippen molar-refractivity contribution in [2.75, 3.05) is 0 Å². The van der Waals surface area contributed by atoms with Crippen molar-refractivity contribution >= 4 is 10.1 Å². The summed E-state index contributed by atoms with van der Waals surface area (Å²) in [5, 5.41) is 8.86. The van der Waals surface area contributed by atoms with Gasteiger partial charge in [0.25, 0.3) is 0 Å². The van der Waals surface area contributed by atoms with Gasteiger partial charge in [-0.2, -0.15) is 0 Å². The molecule has 0 aromatic rings. The van der Waals surface area contributed by atoms with E-state index in [1.807, 2.05) is 0 Å². The van der Waals surface area contributed by atoms with Crippen LogP contribution in [0, 0.1) is 0 Å². The van der Waals surface area contributed by atoms with Crippen LogP contribution in [-0.4, -0.2) is 29.4 Å². The maximum absolute atomic E-state index is 10.7. The quantitative estimate of drug-likeness (QED) is 0.267. The molecule has 0 aliphatic rings. The van der Waals surface area contributed by atoms with Crippen LogP contribution in [0.1, 0.15) is 97.3 Å².